The van der Waals surface area contributed by atoms with Crippen molar-refractivity contribution in [3.63, 3.8) is 0 Å². The molecule has 2 heterocycles. The molecule has 8 heteroatoms. The topological polar surface area (TPSA) is 93.5 Å². The Balaban J connectivity index is 1.49. The number of rotatable bonds is 8. The Bertz CT molecular complexity index is 960. The minimum absolute atomic E-state index is 0.0316. The van der Waals surface area contributed by atoms with Gasteiger partial charge in [0, 0.05) is 37.2 Å². The van der Waals surface area contributed by atoms with Crippen molar-refractivity contribution in [3.8, 4) is 0 Å². The third-order valence-electron chi connectivity index (χ3n) is 4.55. The Morgan fingerprint density at radius 3 is 2.65 bits per heavy atom. The van der Waals surface area contributed by atoms with Gasteiger partial charge in [-0.3, -0.25) is 0 Å². The highest BCUT2D eigenvalue weighted by atomic mass is 32.2. The standard InChI is InChI=1S/C18H21N5O2S/c24-26(25,16-4-2-1-3-5-16)11-9-17-21-18(14-6-7-14)22-23(17)10-8-15-12-19-13-20-15/h1-5,12-14H,6-11H2,(H,19,20). The fourth-order valence-electron chi connectivity index (χ4n) is 2.89. The normalized spacial score (nSPS) is 14.6. The quantitative estimate of drug-likeness (QED) is 0.655. The molecule has 1 aliphatic carbocycles. The zero-order valence-electron chi connectivity index (χ0n) is 14.4. The van der Waals surface area contributed by atoms with E-state index in [9.17, 15) is 8.42 Å². The van der Waals surface area contributed by atoms with Crippen molar-refractivity contribution in [2.75, 3.05) is 5.75 Å². The molecule has 1 saturated carbocycles. The first-order chi connectivity index (χ1) is 12.6. The molecule has 0 bridgehead atoms. The molecule has 1 aliphatic rings. The summed E-state index contributed by atoms with van der Waals surface area (Å²) in [5, 5.41) is 4.62. The van der Waals surface area contributed by atoms with Gasteiger partial charge in [0.1, 0.15) is 5.82 Å². The van der Waals surface area contributed by atoms with Crippen molar-refractivity contribution in [1.82, 2.24) is 24.7 Å². The van der Waals surface area contributed by atoms with Crippen LogP contribution in [0.5, 0.6) is 0 Å². The van der Waals surface area contributed by atoms with Crippen LogP contribution in [-0.2, 0) is 29.2 Å². The molecule has 1 N–H and O–H groups in total. The lowest BCUT2D eigenvalue weighted by molar-refractivity contribution is 0.568. The highest BCUT2D eigenvalue weighted by Gasteiger charge is 2.29. The van der Waals surface area contributed by atoms with Crippen LogP contribution < -0.4 is 0 Å². The molecule has 26 heavy (non-hydrogen) atoms. The van der Waals surface area contributed by atoms with Gasteiger partial charge in [-0.2, -0.15) is 5.10 Å². The lowest BCUT2D eigenvalue weighted by Crippen LogP contribution is -2.14. The zero-order valence-corrected chi connectivity index (χ0v) is 15.2. The summed E-state index contributed by atoms with van der Waals surface area (Å²) in [7, 11) is -3.33. The smallest absolute Gasteiger partial charge is 0.178 e. The van der Waals surface area contributed by atoms with Gasteiger partial charge in [0.25, 0.3) is 0 Å². The number of aryl methyl sites for hydroxylation is 3. The first-order valence-electron chi connectivity index (χ1n) is 8.80. The number of hydrogen-bond acceptors (Lipinski definition) is 5. The molecule has 2 aromatic heterocycles. The number of H-pyrrole nitrogens is 1. The van der Waals surface area contributed by atoms with E-state index in [1.165, 1.54) is 0 Å². The number of hydrogen-bond donors (Lipinski definition) is 1. The lowest BCUT2D eigenvalue weighted by Gasteiger charge is -2.06. The van der Waals surface area contributed by atoms with E-state index in [-0.39, 0.29) is 5.75 Å². The Hall–Kier alpha value is -2.48. The van der Waals surface area contributed by atoms with Crippen LogP contribution >= 0.6 is 0 Å². The molecule has 0 saturated heterocycles. The Kier molecular flexibility index (Phi) is 4.58. The van der Waals surface area contributed by atoms with Gasteiger partial charge >= 0.3 is 0 Å². The van der Waals surface area contributed by atoms with Crippen LogP contribution in [0.3, 0.4) is 0 Å². The molecule has 3 aromatic rings. The van der Waals surface area contributed by atoms with Crippen molar-refractivity contribution in [3.05, 3.63) is 60.2 Å². The number of benzene rings is 1. The average Bonchev–Trinajstić information content (AvgIpc) is 3.22. The SMILES string of the molecule is O=S(=O)(CCc1nc(C2CC2)nn1CCc1cnc[nH]1)c1ccccc1. The van der Waals surface area contributed by atoms with Crippen molar-refractivity contribution in [2.24, 2.45) is 0 Å². The maximum absolute atomic E-state index is 12.5. The Labute approximate surface area is 152 Å². The molecular weight excluding hydrogens is 350 g/mol. The second-order valence-corrected chi connectivity index (χ2v) is 8.70. The summed E-state index contributed by atoms with van der Waals surface area (Å²) < 4.78 is 26.9. The minimum Gasteiger partial charge on any atom is -0.348 e. The van der Waals surface area contributed by atoms with Crippen LogP contribution in [0.2, 0.25) is 0 Å². The fraction of sp³-hybridized carbons (Fsp3) is 0.389. The van der Waals surface area contributed by atoms with Gasteiger partial charge in [0.15, 0.2) is 15.7 Å². The second kappa shape index (κ2) is 7.03. The van der Waals surface area contributed by atoms with Crippen molar-refractivity contribution in [1.29, 1.82) is 0 Å². The monoisotopic (exact) mass is 371 g/mol. The van der Waals surface area contributed by atoms with Crippen molar-refractivity contribution >= 4 is 9.84 Å². The van der Waals surface area contributed by atoms with E-state index in [1.807, 2.05) is 10.7 Å². The zero-order chi connectivity index (χ0) is 18.0. The van der Waals surface area contributed by atoms with Gasteiger partial charge in [0.2, 0.25) is 0 Å². The summed E-state index contributed by atoms with van der Waals surface area (Å²) in [5.41, 5.74) is 1.02. The minimum atomic E-state index is -3.33. The Morgan fingerprint density at radius 1 is 1.15 bits per heavy atom. The van der Waals surface area contributed by atoms with Crippen LogP contribution in [-0.4, -0.2) is 38.9 Å². The lowest BCUT2D eigenvalue weighted by atomic mass is 10.3. The first-order valence-corrected chi connectivity index (χ1v) is 10.5. The van der Waals surface area contributed by atoms with E-state index < -0.39 is 9.84 Å². The number of imidazole rings is 1. The predicted molar refractivity (Wildman–Crippen MR) is 96.5 cm³/mol. The van der Waals surface area contributed by atoms with Crippen LogP contribution in [0.4, 0.5) is 0 Å². The number of sulfone groups is 1. The first kappa shape index (κ1) is 17.0. The van der Waals surface area contributed by atoms with Gasteiger partial charge < -0.3 is 4.98 Å². The van der Waals surface area contributed by atoms with Gasteiger partial charge in [-0.05, 0) is 25.0 Å². The molecule has 0 radical (unpaired) electrons. The number of aromatic amines is 1. The summed E-state index contributed by atoms with van der Waals surface area (Å²) in [6.45, 7) is 0.655. The molecule has 0 amide bonds. The molecule has 4 rings (SSSR count). The predicted octanol–water partition coefficient (Wildman–Crippen LogP) is 2.14. The van der Waals surface area contributed by atoms with Gasteiger partial charge in [-0.25, -0.2) is 23.1 Å². The van der Waals surface area contributed by atoms with Crippen LogP contribution in [0.15, 0.2) is 47.8 Å². The molecule has 0 aliphatic heterocycles. The largest absolute Gasteiger partial charge is 0.348 e. The van der Waals surface area contributed by atoms with E-state index in [1.54, 1.807) is 36.8 Å². The van der Waals surface area contributed by atoms with Crippen LogP contribution in [0.25, 0.3) is 0 Å². The van der Waals surface area contributed by atoms with Gasteiger partial charge in [-0.15, -0.1) is 0 Å². The van der Waals surface area contributed by atoms with Crippen LogP contribution in [0.1, 0.15) is 36.1 Å². The Morgan fingerprint density at radius 2 is 1.96 bits per heavy atom. The van der Waals surface area contributed by atoms with Crippen molar-refractivity contribution < 1.29 is 8.42 Å². The fourth-order valence-corrected chi connectivity index (χ4v) is 4.15. The molecule has 0 unspecified atom stereocenters. The molecule has 7 nitrogen and oxygen atoms in total. The molecule has 136 valence electrons. The number of aromatic nitrogens is 5. The average molecular weight is 371 g/mol. The molecule has 0 atom stereocenters. The van der Waals surface area contributed by atoms with Crippen LogP contribution in [0, 0.1) is 0 Å². The second-order valence-electron chi connectivity index (χ2n) is 6.59. The summed E-state index contributed by atoms with van der Waals surface area (Å²) in [4.78, 5) is 12.1. The van der Waals surface area contributed by atoms with E-state index >= 15 is 0 Å². The third kappa shape index (κ3) is 3.85. The van der Waals surface area contributed by atoms with E-state index in [2.05, 4.69) is 20.1 Å². The van der Waals surface area contributed by atoms with E-state index in [0.29, 0.717) is 23.8 Å². The summed E-state index contributed by atoms with van der Waals surface area (Å²) in [6, 6.07) is 8.56. The molecule has 1 aromatic carbocycles. The summed E-state index contributed by atoms with van der Waals surface area (Å²) >= 11 is 0. The highest BCUT2D eigenvalue weighted by Crippen LogP contribution is 2.38. The summed E-state index contributed by atoms with van der Waals surface area (Å²) in [6.07, 6.45) is 6.79. The molecule has 0 spiro atoms. The summed E-state index contributed by atoms with van der Waals surface area (Å²) in [5.74, 6) is 2.06. The van der Waals surface area contributed by atoms with Gasteiger partial charge in [-0.1, -0.05) is 18.2 Å². The third-order valence-corrected chi connectivity index (χ3v) is 6.28. The molecular formula is C18H21N5O2S. The van der Waals surface area contributed by atoms with Crippen molar-refractivity contribution in [2.45, 2.75) is 43.0 Å². The van der Waals surface area contributed by atoms with Gasteiger partial charge in [0.05, 0.1) is 17.0 Å². The van der Waals surface area contributed by atoms with E-state index in [0.717, 1.165) is 36.6 Å². The maximum Gasteiger partial charge on any atom is 0.178 e. The van der Waals surface area contributed by atoms with E-state index in [4.69, 9.17) is 0 Å². The maximum atomic E-state index is 12.5. The number of nitrogens with zero attached hydrogens (tertiary/aromatic N) is 4. The molecule has 1 fully saturated rings. The number of nitrogens with one attached hydrogen (secondary N) is 1. The highest BCUT2D eigenvalue weighted by molar-refractivity contribution is 7.91.